The maximum absolute atomic E-state index is 13.7. The van der Waals surface area contributed by atoms with Gasteiger partial charge in [0.25, 0.3) is 5.91 Å². The van der Waals surface area contributed by atoms with Crippen LogP contribution in [0.15, 0.2) is 42.5 Å². The lowest BCUT2D eigenvalue weighted by atomic mass is 9.80. The molecule has 156 valence electrons. The number of aryl methyl sites for hydroxylation is 1. The molecule has 1 N–H and O–H groups in total. The van der Waals surface area contributed by atoms with Gasteiger partial charge < -0.3 is 10.1 Å². The van der Waals surface area contributed by atoms with Gasteiger partial charge in [-0.1, -0.05) is 30.3 Å². The molecule has 0 aromatic heterocycles. The first-order valence-corrected chi connectivity index (χ1v) is 10.3. The predicted octanol–water partition coefficient (Wildman–Crippen LogP) is 4.53. The number of rotatable bonds is 7. The fourth-order valence-electron chi connectivity index (χ4n) is 4.42. The molecule has 0 bridgehead atoms. The largest absolute Gasteiger partial charge is 0.496 e. The monoisotopic (exact) mass is 398 g/mol. The van der Waals surface area contributed by atoms with Gasteiger partial charge >= 0.3 is 0 Å². The highest BCUT2D eigenvalue weighted by molar-refractivity contribution is 5.98. The summed E-state index contributed by atoms with van der Waals surface area (Å²) in [4.78, 5) is 15.5. The van der Waals surface area contributed by atoms with Crippen LogP contribution in [0.3, 0.4) is 0 Å². The first kappa shape index (κ1) is 21.3. The minimum Gasteiger partial charge on any atom is -0.496 e. The molecular formula is C24H31FN2O2. The Morgan fingerprint density at radius 2 is 1.86 bits per heavy atom. The highest BCUT2D eigenvalue weighted by Gasteiger charge is 2.37. The zero-order chi connectivity index (χ0) is 21.0. The van der Waals surface area contributed by atoms with Crippen molar-refractivity contribution >= 4 is 5.91 Å². The van der Waals surface area contributed by atoms with Gasteiger partial charge in [0.15, 0.2) is 0 Å². The van der Waals surface area contributed by atoms with Crippen LogP contribution in [-0.4, -0.2) is 43.1 Å². The second kappa shape index (κ2) is 8.95. The first-order valence-electron chi connectivity index (χ1n) is 10.3. The van der Waals surface area contributed by atoms with Gasteiger partial charge in [-0.25, -0.2) is 4.39 Å². The molecule has 5 heteroatoms. The molecule has 1 unspecified atom stereocenters. The smallest absolute Gasteiger partial charge is 0.255 e. The van der Waals surface area contributed by atoms with Gasteiger partial charge in [0, 0.05) is 24.1 Å². The predicted molar refractivity (Wildman–Crippen MR) is 114 cm³/mol. The molecule has 1 amide bonds. The average Bonchev–Trinajstić information content (AvgIpc) is 3.23. The minimum absolute atomic E-state index is 0.104. The zero-order valence-electron chi connectivity index (χ0n) is 17.8. The number of likely N-dealkylation sites (tertiary alicyclic amines) is 1. The summed E-state index contributed by atoms with van der Waals surface area (Å²) in [5.74, 6) is -0.265. The quantitative estimate of drug-likeness (QED) is 0.745. The summed E-state index contributed by atoms with van der Waals surface area (Å²) in [5.41, 5.74) is 2.05. The summed E-state index contributed by atoms with van der Waals surface area (Å²) in [5, 5.41) is 3.09. The summed E-state index contributed by atoms with van der Waals surface area (Å²) >= 11 is 0. The van der Waals surface area contributed by atoms with E-state index in [4.69, 9.17) is 4.74 Å². The van der Waals surface area contributed by atoms with Gasteiger partial charge in [0.05, 0.1) is 12.7 Å². The molecular weight excluding hydrogens is 367 g/mol. The van der Waals surface area contributed by atoms with E-state index in [1.807, 2.05) is 18.2 Å². The van der Waals surface area contributed by atoms with Crippen LogP contribution in [0.5, 0.6) is 5.75 Å². The Morgan fingerprint density at radius 3 is 2.48 bits per heavy atom. The van der Waals surface area contributed by atoms with Crippen molar-refractivity contribution in [1.29, 1.82) is 0 Å². The van der Waals surface area contributed by atoms with Crippen molar-refractivity contribution in [3.63, 3.8) is 0 Å². The van der Waals surface area contributed by atoms with Crippen molar-refractivity contribution < 1.29 is 13.9 Å². The first-order chi connectivity index (χ1) is 13.8. The molecule has 0 saturated carbocycles. The van der Waals surface area contributed by atoms with Crippen LogP contribution >= 0.6 is 0 Å². The molecule has 2 aromatic carbocycles. The van der Waals surface area contributed by atoms with Gasteiger partial charge in [-0.3, -0.25) is 9.69 Å². The molecule has 1 aliphatic rings. The minimum atomic E-state index is -0.409. The van der Waals surface area contributed by atoms with E-state index in [2.05, 4.69) is 36.2 Å². The van der Waals surface area contributed by atoms with Crippen molar-refractivity contribution in [2.45, 2.75) is 45.1 Å². The number of nitrogens with one attached hydrogen (secondary N) is 1. The second-order valence-corrected chi connectivity index (χ2v) is 8.32. The lowest BCUT2D eigenvalue weighted by Gasteiger charge is -2.42. The fourth-order valence-corrected chi connectivity index (χ4v) is 4.42. The number of amides is 1. The van der Waals surface area contributed by atoms with Crippen LogP contribution in [0.25, 0.3) is 0 Å². The van der Waals surface area contributed by atoms with Crippen molar-refractivity contribution in [2.75, 3.05) is 26.7 Å². The van der Waals surface area contributed by atoms with Crippen molar-refractivity contribution in [3.05, 3.63) is 65.0 Å². The number of benzene rings is 2. The number of carbonyl (C=O) groups excluding carboxylic acids is 1. The van der Waals surface area contributed by atoms with Crippen molar-refractivity contribution in [2.24, 2.45) is 0 Å². The van der Waals surface area contributed by atoms with E-state index in [0.717, 1.165) is 13.1 Å². The van der Waals surface area contributed by atoms with Crippen LogP contribution in [0.2, 0.25) is 0 Å². The van der Waals surface area contributed by atoms with E-state index >= 15 is 0 Å². The van der Waals surface area contributed by atoms with E-state index in [1.165, 1.54) is 37.6 Å². The highest BCUT2D eigenvalue weighted by atomic mass is 19.1. The van der Waals surface area contributed by atoms with Crippen LogP contribution in [0.4, 0.5) is 4.39 Å². The topological polar surface area (TPSA) is 41.6 Å². The third-order valence-corrected chi connectivity index (χ3v) is 6.15. The molecule has 1 fully saturated rings. The Balaban J connectivity index is 1.85. The molecule has 2 aromatic rings. The molecule has 0 aliphatic carbocycles. The molecule has 1 atom stereocenters. The molecule has 29 heavy (non-hydrogen) atoms. The van der Waals surface area contributed by atoms with E-state index in [0.29, 0.717) is 17.7 Å². The molecule has 1 heterocycles. The highest BCUT2D eigenvalue weighted by Crippen LogP contribution is 2.35. The lowest BCUT2D eigenvalue weighted by Crippen LogP contribution is -2.50. The maximum atomic E-state index is 13.7. The van der Waals surface area contributed by atoms with E-state index in [-0.39, 0.29) is 23.1 Å². The lowest BCUT2D eigenvalue weighted by molar-refractivity contribution is 0.0909. The van der Waals surface area contributed by atoms with Gasteiger partial charge in [-0.05, 0) is 63.9 Å². The van der Waals surface area contributed by atoms with Gasteiger partial charge in [-0.15, -0.1) is 0 Å². The maximum Gasteiger partial charge on any atom is 0.255 e. The third-order valence-electron chi connectivity index (χ3n) is 6.15. The Bertz CT molecular complexity index is 845. The summed E-state index contributed by atoms with van der Waals surface area (Å²) in [7, 11) is 1.45. The molecule has 3 rings (SSSR count). The number of ether oxygens (including phenoxy) is 1. The van der Waals surface area contributed by atoms with Gasteiger partial charge in [0.2, 0.25) is 0 Å². The normalized spacial score (nSPS) is 15.9. The summed E-state index contributed by atoms with van der Waals surface area (Å²) in [6, 6.07) is 12.9. The standard InChI is InChI=1S/C24H31FN2O2/c1-17-14-19(25)15-21(29-4)22(17)23(28)26-16-20(18-10-6-5-7-11-18)24(2,3)27-12-8-9-13-27/h5-7,10-11,14-15,20H,8-9,12-13,16H2,1-4H3,(H,26,28). The van der Waals surface area contributed by atoms with Crippen LogP contribution in [0.1, 0.15) is 54.1 Å². The Hall–Kier alpha value is -2.40. The van der Waals surface area contributed by atoms with Crippen LogP contribution < -0.4 is 10.1 Å². The van der Waals surface area contributed by atoms with Gasteiger partial charge in [-0.2, -0.15) is 0 Å². The zero-order valence-corrected chi connectivity index (χ0v) is 17.8. The Morgan fingerprint density at radius 1 is 1.21 bits per heavy atom. The fraction of sp³-hybridized carbons (Fsp3) is 0.458. The second-order valence-electron chi connectivity index (χ2n) is 8.32. The average molecular weight is 399 g/mol. The number of methoxy groups -OCH3 is 1. The summed E-state index contributed by atoms with van der Waals surface area (Å²) < 4.78 is 19.0. The third kappa shape index (κ3) is 4.61. The van der Waals surface area contributed by atoms with Gasteiger partial charge in [0.1, 0.15) is 11.6 Å². The Kier molecular flexibility index (Phi) is 6.58. The summed E-state index contributed by atoms with van der Waals surface area (Å²) in [6.07, 6.45) is 2.42. The number of hydrogen-bond acceptors (Lipinski definition) is 3. The molecule has 1 saturated heterocycles. The summed E-state index contributed by atoms with van der Waals surface area (Å²) in [6.45, 7) is 8.89. The molecule has 1 aliphatic heterocycles. The Labute approximate surface area is 173 Å². The molecule has 0 spiro atoms. The number of halogens is 1. The van der Waals surface area contributed by atoms with E-state index in [1.54, 1.807) is 6.92 Å². The molecule has 0 radical (unpaired) electrons. The van der Waals surface area contributed by atoms with Crippen LogP contribution in [0, 0.1) is 12.7 Å². The number of carbonyl (C=O) groups is 1. The van der Waals surface area contributed by atoms with Crippen LogP contribution in [-0.2, 0) is 0 Å². The van der Waals surface area contributed by atoms with Crippen molar-refractivity contribution in [1.82, 2.24) is 10.2 Å². The van der Waals surface area contributed by atoms with Crippen molar-refractivity contribution in [3.8, 4) is 5.75 Å². The number of hydrogen-bond donors (Lipinski definition) is 1. The number of nitrogens with zero attached hydrogens (tertiary/aromatic N) is 1. The van der Waals surface area contributed by atoms with E-state index < -0.39 is 5.82 Å². The molecule has 4 nitrogen and oxygen atoms in total. The SMILES string of the molecule is COc1cc(F)cc(C)c1C(=O)NCC(c1ccccc1)C(C)(C)N1CCCC1. The van der Waals surface area contributed by atoms with E-state index in [9.17, 15) is 9.18 Å².